The van der Waals surface area contributed by atoms with Gasteiger partial charge in [-0.3, -0.25) is 9.78 Å². The minimum Gasteiger partial charge on any atom is -0.467 e. The van der Waals surface area contributed by atoms with E-state index in [1.807, 2.05) is 73.0 Å². The van der Waals surface area contributed by atoms with Crippen LogP contribution in [0.3, 0.4) is 0 Å². The van der Waals surface area contributed by atoms with E-state index >= 15 is 0 Å². The number of thioether (sulfide) groups is 1. The number of hydrogen-bond donors (Lipinski definition) is 1. The van der Waals surface area contributed by atoms with Crippen molar-refractivity contribution >= 4 is 35.8 Å². The number of esters is 1. The highest BCUT2D eigenvalue weighted by molar-refractivity contribution is 7.98. The summed E-state index contributed by atoms with van der Waals surface area (Å²) >= 11 is 1.62. The molecule has 3 rings (SSSR count). The number of nitrogens with zero attached hydrogens (tertiary/aromatic N) is 1. The van der Waals surface area contributed by atoms with E-state index in [4.69, 9.17) is 4.74 Å². The number of ether oxygens (including phenoxy) is 1. The van der Waals surface area contributed by atoms with Gasteiger partial charge in [0.15, 0.2) is 0 Å². The summed E-state index contributed by atoms with van der Waals surface area (Å²) in [6.45, 7) is 0. The topological polar surface area (TPSA) is 68.3 Å². The third kappa shape index (κ3) is 6.31. The summed E-state index contributed by atoms with van der Waals surface area (Å²) in [5.74, 6) is -0.00300. The van der Waals surface area contributed by atoms with Gasteiger partial charge in [-0.2, -0.15) is 11.8 Å². The van der Waals surface area contributed by atoms with Crippen LogP contribution in [0.4, 0.5) is 0 Å². The second-order valence-corrected chi connectivity index (χ2v) is 8.11. The fourth-order valence-electron chi connectivity index (χ4n) is 3.25. The van der Waals surface area contributed by atoms with Crippen LogP contribution in [0.2, 0.25) is 0 Å². The SMILES string of the molecule is COC(=O)[C@H](CCSC)NC(=O)c1ccc(C=Cc2cccnc2)cc1-c1ccccc1. The molecule has 0 saturated carbocycles. The van der Waals surface area contributed by atoms with E-state index in [2.05, 4.69) is 10.3 Å². The molecule has 5 nitrogen and oxygen atoms in total. The van der Waals surface area contributed by atoms with E-state index in [0.29, 0.717) is 12.0 Å². The normalized spacial score (nSPS) is 11.8. The molecule has 1 aromatic heterocycles. The molecule has 0 saturated heterocycles. The van der Waals surface area contributed by atoms with Crippen molar-refractivity contribution < 1.29 is 14.3 Å². The Kier molecular flexibility index (Phi) is 8.63. The van der Waals surface area contributed by atoms with Gasteiger partial charge in [0.05, 0.1) is 7.11 Å². The van der Waals surface area contributed by atoms with Gasteiger partial charge in [-0.1, -0.05) is 54.6 Å². The minimum atomic E-state index is -0.686. The van der Waals surface area contributed by atoms with E-state index in [1.165, 1.54) is 7.11 Å². The van der Waals surface area contributed by atoms with Crippen LogP contribution >= 0.6 is 11.8 Å². The molecule has 0 aliphatic rings. The average molecular weight is 447 g/mol. The quantitative estimate of drug-likeness (QED) is 0.472. The van der Waals surface area contributed by atoms with Crippen LogP contribution in [0.25, 0.3) is 23.3 Å². The highest BCUT2D eigenvalue weighted by Gasteiger charge is 2.23. The van der Waals surface area contributed by atoms with Crippen LogP contribution in [0.15, 0.2) is 73.1 Å². The number of aromatic nitrogens is 1. The molecule has 32 heavy (non-hydrogen) atoms. The van der Waals surface area contributed by atoms with Crippen LogP contribution in [0.1, 0.15) is 27.9 Å². The number of nitrogens with one attached hydrogen (secondary N) is 1. The van der Waals surface area contributed by atoms with Crippen molar-refractivity contribution in [1.29, 1.82) is 0 Å². The summed E-state index contributed by atoms with van der Waals surface area (Å²) in [6, 6.07) is 18.6. The lowest BCUT2D eigenvalue weighted by Crippen LogP contribution is -2.42. The summed E-state index contributed by atoms with van der Waals surface area (Å²) in [6.07, 6.45) is 9.96. The zero-order valence-corrected chi connectivity index (χ0v) is 19.0. The Bertz CT molecular complexity index is 1070. The Balaban J connectivity index is 1.93. The second kappa shape index (κ2) is 11.9. The molecule has 6 heteroatoms. The lowest BCUT2D eigenvalue weighted by Gasteiger charge is -2.18. The largest absolute Gasteiger partial charge is 0.467 e. The fraction of sp³-hybridized carbons (Fsp3) is 0.192. The van der Waals surface area contributed by atoms with E-state index in [1.54, 1.807) is 30.2 Å². The van der Waals surface area contributed by atoms with Gasteiger partial charge in [0, 0.05) is 18.0 Å². The number of carbonyl (C=O) groups is 2. The molecule has 0 aliphatic carbocycles. The van der Waals surface area contributed by atoms with Gasteiger partial charge in [0.2, 0.25) is 0 Å². The Morgan fingerprint density at radius 1 is 1.06 bits per heavy atom. The Morgan fingerprint density at radius 3 is 2.53 bits per heavy atom. The highest BCUT2D eigenvalue weighted by atomic mass is 32.2. The van der Waals surface area contributed by atoms with Crippen molar-refractivity contribution in [1.82, 2.24) is 10.3 Å². The molecule has 0 radical (unpaired) electrons. The molecule has 1 heterocycles. The minimum absolute atomic E-state index is 0.303. The number of amides is 1. The van der Waals surface area contributed by atoms with Crippen molar-refractivity contribution in [3.63, 3.8) is 0 Å². The first kappa shape index (κ1) is 23.3. The third-order valence-electron chi connectivity index (χ3n) is 4.93. The van der Waals surface area contributed by atoms with Crippen molar-refractivity contribution in [2.24, 2.45) is 0 Å². The molecule has 164 valence electrons. The summed E-state index contributed by atoms with van der Waals surface area (Å²) in [5, 5.41) is 2.85. The first-order valence-electron chi connectivity index (χ1n) is 10.3. The molecule has 0 spiro atoms. The van der Waals surface area contributed by atoms with Crippen LogP contribution in [0, 0.1) is 0 Å². The average Bonchev–Trinajstić information content (AvgIpc) is 2.85. The maximum Gasteiger partial charge on any atom is 0.328 e. The summed E-state index contributed by atoms with van der Waals surface area (Å²) in [7, 11) is 1.33. The van der Waals surface area contributed by atoms with Crippen molar-refractivity contribution in [2.75, 3.05) is 19.1 Å². The van der Waals surface area contributed by atoms with Crippen LogP contribution in [-0.4, -0.2) is 42.0 Å². The zero-order valence-electron chi connectivity index (χ0n) is 18.2. The van der Waals surface area contributed by atoms with Crippen LogP contribution in [0.5, 0.6) is 0 Å². The van der Waals surface area contributed by atoms with Crippen molar-refractivity contribution in [2.45, 2.75) is 12.5 Å². The fourth-order valence-corrected chi connectivity index (χ4v) is 3.72. The number of hydrogen-bond acceptors (Lipinski definition) is 5. The van der Waals surface area contributed by atoms with E-state index in [0.717, 1.165) is 28.0 Å². The Labute approximate surface area is 192 Å². The molecule has 0 unspecified atom stereocenters. The predicted molar refractivity (Wildman–Crippen MR) is 131 cm³/mol. The zero-order chi connectivity index (χ0) is 22.8. The van der Waals surface area contributed by atoms with E-state index in [9.17, 15) is 9.59 Å². The Morgan fingerprint density at radius 2 is 1.84 bits per heavy atom. The number of benzene rings is 2. The third-order valence-corrected chi connectivity index (χ3v) is 5.57. The van der Waals surface area contributed by atoms with Crippen LogP contribution < -0.4 is 5.32 Å². The molecule has 0 fully saturated rings. The molecule has 2 aromatic carbocycles. The van der Waals surface area contributed by atoms with Gasteiger partial charge in [-0.05, 0) is 58.9 Å². The monoisotopic (exact) mass is 446 g/mol. The number of carbonyl (C=O) groups excluding carboxylic acids is 2. The molecule has 3 aromatic rings. The summed E-state index contributed by atoms with van der Waals surface area (Å²) in [4.78, 5) is 29.5. The number of pyridine rings is 1. The first-order chi connectivity index (χ1) is 15.6. The summed E-state index contributed by atoms with van der Waals surface area (Å²) < 4.78 is 4.88. The standard InChI is InChI=1S/C26H26N2O3S/c1-31-26(30)24(14-16-32-2)28-25(29)22-13-12-19(10-11-20-7-6-15-27-18-20)17-23(22)21-8-4-3-5-9-21/h3-13,15,17-18,24H,14,16H2,1-2H3,(H,28,29)/t24-/m0/s1. The molecule has 1 N–H and O–H groups in total. The molecule has 0 bridgehead atoms. The maximum atomic E-state index is 13.2. The number of methoxy groups -OCH3 is 1. The molecular weight excluding hydrogens is 420 g/mol. The smallest absolute Gasteiger partial charge is 0.328 e. The lowest BCUT2D eigenvalue weighted by molar-refractivity contribution is -0.142. The maximum absolute atomic E-state index is 13.2. The molecular formula is C26H26N2O3S. The van der Waals surface area contributed by atoms with E-state index < -0.39 is 12.0 Å². The van der Waals surface area contributed by atoms with Gasteiger partial charge in [0.1, 0.15) is 6.04 Å². The summed E-state index contributed by atoms with van der Waals surface area (Å²) in [5.41, 5.74) is 4.17. The van der Waals surface area contributed by atoms with E-state index in [-0.39, 0.29) is 5.91 Å². The van der Waals surface area contributed by atoms with Crippen molar-refractivity contribution in [3.8, 4) is 11.1 Å². The lowest BCUT2D eigenvalue weighted by atomic mass is 9.96. The molecule has 0 aliphatic heterocycles. The van der Waals surface area contributed by atoms with Gasteiger partial charge < -0.3 is 10.1 Å². The van der Waals surface area contributed by atoms with Gasteiger partial charge in [-0.25, -0.2) is 4.79 Å². The first-order valence-corrected chi connectivity index (χ1v) is 11.7. The van der Waals surface area contributed by atoms with Gasteiger partial charge in [0.25, 0.3) is 5.91 Å². The van der Waals surface area contributed by atoms with Crippen molar-refractivity contribution in [3.05, 3.63) is 89.7 Å². The predicted octanol–water partition coefficient (Wildman–Crippen LogP) is 4.94. The van der Waals surface area contributed by atoms with Crippen LogP contribution in [-0.2, 0) is 9.53 Å². The molecule has 1 amide bonds. The number of rotatable bonds is 9. The molecule has 1 atom stereocenters. The highest BCUT2D eigenvalue weighted by Crippen LogP contribution is 2.26. The van der Waals surface area contributed by atoms with Gasteiger partial charge >= 0.3 is 5.97 Å². The Hall–Kier alpha value is -3.38. The second-order valence-electron chi connectivity index (χ2n) is 7.12. The van der Waals surface area contributed by atoms with Gasteiger partial charge in [-0.15, -0.1) is 0 Å².